The van der Waals surface area contributed by atoms with Gasteiger partial charge in [-0.25, -0.2) is 4.98 Å². The Kier molecular flexibility index (Phi) is 10.3. The van der Waals surface area contributed by atoms with Crippen LogP contribution in [0.15, 0.2) is 55.3 Å². The number of amides is 2. The average molecular weight is 619 g/mol. The molecule has 2 heterocycles. The van der Waals surface area contributed by atoms with Crippen LogP contribution in [0.25, 0.3) is 0 Å². The van der Waals surface area contributed by atoms with E-state index in [1.54, 1.807) is 37.4 Å². The second-order valence-electron chi connectivity index (χ2n) is 11.0. The Hall–Kier alpha value is -4.19. The monoisotopic (exact) mass is 618 g/mol. The van der Waals surface area contributed by atoms with Crippen molar-refractivity contribution in [3.63, 3.8) is 0 Å². The number of hydrogen-bond acceptors (Lipinski definition) is 9. The number of anilines is 6. The van der Waals surface area contributed by atoms with E-state index in [2.05, 4.69) is 47.6 Å². The highest BCUT2D eigenvalue weighted by Crippen LogP contribution is 2.36. The van der Waals surface area contributed by atoms with Gasteiger partial charge in [0.1, 0.15) is 5.02 Å². The molecule has 1 saturated carbocycles. The Morgan fingerprint density at radius 2 is 1.80 bits per heavy atom. The molecule has 0 spiro atoms. The standard InChI is InChI=1S/C32H39ClN8O3/c1-3-29(43)36-27-18-26(21(20-42)17-28(27)41-15-13-40(14-16-41)22-9-5-4-6-10-22)38-32-35-19-24(33)30(39-32)37-25-12-8-7-11-23(25)31(44)34-2/h3,7-8,11-12,17-19,22,42H,1,4-6,9-10,13-16,20H2,2H3,(H,34,44)(H,36,43)(H2,35,37,38,39). The fourth-order valence-electron chi connectivity index (χ4n) is 5.89. The summed E-state index contributed by atoms with van der Waals surface area (Å²) in [6.07, 6.45) is 9.14. The quantitative estimate of drug-likeness (QED) is 0.198. The van der Waals surface area contributed by atoms with Crippen molar-refractivity contribution in [3.8, 4) is 0 Å². The van der Waals surface area contributed by atoms with Crippen molar-refractivity contribution in [2.45, 2.75) is 44.8 Å². The topological polar surface area (TPSA) is 135 Å². The van der Waals surface area contributed by atoms with Crippen molar-refractivity contribution in [3.05, 3.63) is 71.4 Å². The van der Waals surface area contributed by atoms with Crippen LogP contribution >= 0.6 is 11.6 Å². The number of nitrogens with zero attached hydrogens (tertiary/aromatic N) is 4. The van der Waals surface area contributed by atoms with Crippen molar-refractivity contribution < 1.29 is 14.7 Å². The van der Waals surface area contributed by atoms with Gasteiger partial charge in [-0.1, -0.05) is 49.6 Å². The first-order valence-corrected chi connectivity index (χ1v) is 15.4. The van der Waals surface area contributed by atoms with Crippen LogP contribution in [0.2, 0.25) is 5.02 Å². The van der Waals surface area contributed by atoms with Crippen LogP contribution in [0, 0.1) is 0 Å². The van der Waals surface area contributed by atoms with Gasteiger partial charge in [-0.15, -0.1) is 0 Å². The van der Waals surface area contributed by atoms with E-state index in [0.717, 1.165) is 31.9 Å². The van der Waals surface area contributed by atoms with E-state index in [9.17, 15) is 14.7 Å². The predicted octanol–water partition coefficient (Wildman–Crippen LogP) is 5.05. The Labute approximate surface area is 262 Å². The number of para-hydroxylation sites is 1. The minimum absolute atomic E-state index is 0.207. The zero-order valence-corrected chi connectivity index (χ0v) is 25.7. The molecule has 1 aromatic heterocycles. The molecule has 5 N–H and O–H groups in total. The number of halogens is 1. The maximum Gasteiger partial charge on any atom is 0.253 e. The molecule has 1 saturated heterocycles. The van der Waals surface area contributed by atoms with Gasteiger partial charge in [0.2, 0.25) is 11.9 Å². The number of carbonyl (C=O) groups is 2. The zero-order chi connectivity index (χ0) is 31.1. The van der Waals surface area contributed by atoms with E-state index in [4.69, 9.17) is 11.6 Å². The molecule has 11 nitrogen and oxygen atoms in total. The van der Waals surface area contributed by atoms with Gasteiger partial charge >= 0.3 is 0 Å². The molecule has 1 aliphatic carbocycles. The Balaban J connectivity index is 1.40. The molecule has 12 heteroatoms. The molecule has 5 rings (SSSR count). The van der Waals surface area contributed by atoms with Gasteiger partial charge in [-0.3, -0.25) is 14.5 Å². The third-order valence-electron chi connectivity index (χ3n) is 8.22. The number of aromatic nitrogens is 2. The first-order chi connectivity index (χ1) is 21.4. The molecule has 2 aromatic carbocycles. The lowest BCUT2D eigenvalue weighted by Crippen LogP contribution is -2.51. The zero-order valence-electron chi connectivity index (χ0n) is 24.9. The molecule has 2 fully saturated rings. The van der Waals surface area contributed by atoms with Gasteiger partial charge in [-0.2, -0.15) is 4.98 Å². The average Bonchev–Trinajstić information content (AvgIpc) is 3.06. The lowest BCUT2D eigenvalue weighted by atomic mass is 9.94. The number of aliphatic hydroxyl groups is 1. The molecule has 0 unspecified atom stereocenters. The smallest absolute Gasteiger partial charge is 0.253 e. The molecule has 44 heavy (non-hydrogen) atoms. The molecule has 1 aliphatic heterocycles. The highest BCUT2D eigenvalue weighted by Gasteiger charge is 2.27. The van der Waals surface area contributed by atoms with E-state index in [-0.39, 0.29) is 29.4 Å². The van der Waals surface area contributed by atoms with Crippen molar-refractivity contribution in [2.24, 2.45) is 0 Å². The highest BCUT2D eigenvalue weighted by molar-refractivity contribution is 6.33. The molecule has 3 aromatic rings. The second kappa shape index (κ2) is 14.5. The number of carbonyl (C=O) groups excluding carboxylic acids is 2. The van der Waals surface area contributed by atoms with Gasteiger partial charge in [0.05, 0.1) is 35.4 Å². The van der Waals surface area contributed by atoms with E-state index in [0.29, 0.717) is 40.0 Å². The van der Waals surface area contributed by atoms with Crippen LogP contribution < -0.4 is 26.2 Å². The number of piperazine rings is 1. The Bertz CT molecular complexity index is 1500. The molecule has 2 amide bonds. The van der Waals surface area contributed by atoms with Crippen LogP contribution in [-0.2, 0) is 11.4 Å². The van der Waals surface area contributed by atoms with Crippen LogP contribution in [0.3, 0.4) is 0 Å². The third-order valence-corrected chi connectivity index (χ3v) is 8.50. The van der Waals surface area contributed by atoms with Gasteiger partial charge in [0.25, 0.3) is 5.91 Å². The van der Waals surface area contributed by atoms with Crippen LogP contribution in [-0.4, -0.2) is 71.1 Å². The van der Waals surface area contributed by atoms with Crippen LogP contribution in [0.5, 0.6) is 0 Å². The predicted molar refractivity (Wildman–Crippen MR) is 175 cm³/mol. The van der Waals surface area contributed by atoms with Crippen molar-refractivity contribution in [1.29, 1.82) is 0 Å². The number of aliphatic hydroxyl groups excluding tert-OH is 1. The first-order valence-electron chi connectivity index (χ1n) is 15.0. The van der Waals surface area contributed by atoms with Gasteiger partial charge in [0.15, 0.2) is 5.82 Å². The lowest BCUT2D eigenvalue weighted by molar-refractivity contribution is -0.111. The SMILES string of the molecule is C=CC(=O)Nc1cc(Nc2ncc(Cl)c(Nc3ccccc3C(=O)NC)n2)c(CO)cc1N1CCN(C2CCCCC2)CC1. The normalized spacial score (nSPS) is 15.8. The van der Waals surface area contributed by atoms with Crippen molar-refractivity contribution >= 4 is 57.9 Å². The highest BCUT2D eigenvalue weighted by atomic mass is 35.5. The minimum Gasteiger partial charge on any atom is -0.392 e. The molecular weight excluding hydrogens is 580 g/mol. The van der Waals surface area contributed by atoms with Crippen molar-refractivity contribution in [2.75, 3.05) is 54.1 Å². The van der Waals surface area contributed by atoms with E-state index < -0.39 is 0 Å². The molecule has 232 valence electrons. The van der Waals surface area contributed by atoms with E-state index >= 15 is 0 Å². The number of nitrogens with one attached hydrogen (secondary N) is 4. The summed E-state index contributed by atoms with van der Waals surface area (Å²) in [5.74, 6) is -0.0924. The van der Waals surface area contributed by atoms with Crippen LogP contribution in [0.1, 0.15) is 48.0 Å². The maximum atomic E-state index is 12.4. The first kappa shape index (κ1) is 31.2. The van der Waals surface area contributed by atoms with E-state index in [1.165, 1.54) is 44.4 Å². The van der Waals surface area contributed by atoms with Crippen LogP contribution in [0.4, 0.5) is 34.5 Å². The molecule has 2 aliphatic rings. The largest absolute Gasteiger partial charge is 0.392 e. The second-order valence-corrected chi connectivity index (χ2v) is 11.4. The summed E-state index contributed by atoms with van der Waals surface area (Å²) >= 11 is 6.42. The van der Waals surface area contributed by atoms with Gasteiger partial charge in [0, 0.05) is 50.5 Å². The number of benzene rings is 2. The molecular formula is C32H39ClN8O3. The summed E-state index contributed by atoms with van der Waals surface area (Å²) in [5, 5.41) is 22.5. The summed E-state index contributed by atoms with van der Waals surface area (Å²) in [6, 6.07) is 11.3. The summed E-state index contributed by atoms with van der Waals surface area (Å²) in [4.78, 5) is 38.5. The third kappa shape index (κ3) is 7.29. The summed E-state index contributed by atoms with van der Waals surface area (Å²) < 4.78 is 0. The molecule has 0 bridgehead atoms. The number of hydrogen-bond donors (Lipinski definition) is 5. The minimum atomic E-state index is -0.334. The Morgan fingerprint density at radius 3 is 2.50 bits per heavy atom. The fourth-order valence-corrected chi connectivity index (χ4v) is 6.02. The summed E-state index contributed by atoms with van der Waals surface area (Å²) in [5.41, 5.74) is 3.52. The fraction of sp³-hybridized carbons (Fsp3) is 0.375. The van der Waals surface area contributed by atoms with Gasteiger partial charge < -0.3 is 31.3 Å². The van der Waals surface area contributed by atoms with Gasteiger partial charge in [-0.05, 0) is 43.2 Å². The lowest BCUT2D eigenvalue weighted by Gasteiger charge is -2.42. The number of rotatable bonds is 10. The summed E-state index contributed by atoms with van der Waals surface area (Å²) in [7, 11) is 1.56. The van der Waals surface area contributed by atoms with E-state index in [1.807, 2.05) is 6.07 Å². The Morgan fingerprint density at radius 1 is 1.05 bits per heavy atom. The maximum absolute atomic E-state index is 12.4. The molecule has 0 atom stereocenters. The summed E-state index contributed by atoms with van der Waals surface area (Å²) in [6.45, 7) is 6.90. The van der Waals surface area contributed by atoms with Crippen molar-refractivity contribution in [1.82, 2.24) is 20.2 Å². The molecule has 0 radical (unpaired) electrons.